The highest BCUT2D eigenvalue weighted by atomic mass is 16.6. The van der Waals surface area contributed by atoms with Crippen molar-refractivity contribution >= 4 is 11.5 Å². The zero-order chi connectivity index (χ0) is 15.7. The molecule has 0 amide bonds. The van der Waals surface area contributed by atoms with Gasteiger partial charge in [0.05, 0.1) is 23.1 Å². The predicted molar refractivity (Wildman–Crippen MR) is 77.5 cm³/mol. The predicted octanol–water partition coefficient (Wildman–Crippen LogP) is 1.77. The van der Waals surface area contributed by atoms with Crippen LogP contribution in [0, 0.1) is 10.1 Å². The van der Waals surface area contributed by atoms with E-state index in [0.717, 1.165) is 12.8 Å². The van der Waals surface area contributed by atoms with Gasteiger partial charge in [-0.25, -0.2) is 4.68 Å². The van der Waals surface area contributed by atoms with E-state index in [9.17, 15) is 15.2 Å². The number of rotatable bonds is 4. The first-order valence-electron chi connectivity index (χ1n) is 7.31. The van der Waals surface area contributed by atoms with Crippen LogP contribution in [-0.4, -0.2) is 45.0 Å². The Balaban J connectivity index is 1.88. The Morgan fingerprint density at radius 2 is 2.14 bits per heavy atom. The maximum atomic E-state index is 11.2. The van der Waals surface area contributed by atoms with Crippen LogP contribution in [0.4, 0.5) is 11.5 Å². The molecule has 0 unspecified atom stereocenters. The highest BCUT2D eigenvalue weighted by Gasteiger charge is 2.35. The number of hydrogen-bond acceptors (Lipinski definition) is 6. The lowest BCUT2D eigenvalue weighted by Crippen LogP contribution is -2.28. The Morgan fingerprint density at radius 1 is 1.41 bits per heavy atom. The van der Waals surface area contributed by atoms with Gasteiger partial charge in [0.25, 0.3) is 0 Å². The minimum atomic E-state index is -0.725. The third-order valence-electron chi connectivity index (χ3n) is 4.17. The molecule has 10 nitrogen and oxygen atoms in total. The maximum absolute atomic E-state index is 11.2. The molecule has 1 aliphatic heterocycles. The molecule has 1 N–H and O–H groups in total. The van der Waals surface area contributed by atoms with Gasteiger partial charge >= 0.3 is 5.69 Å². The number of aromatic nitrogens is 2. The summed E-state index contributed by atoms with van der Waals surface area (Å²) < 4.78 is 1.72. The zero-order valence-electron chi connectivity index (χ0n) is 11.9. The zero-order valence-corrected chi connectivity index (χ0v) is 11.9. The molecular weight excluding hydrogens is 290 g/mol. The summed E-state index contributed by atoms with van der Waals surface area (Å²) in [5.41, 5.74) is 8.54. The van der Waals surface area contributed by atoms with Crippen molar-refractivity contribution in [2.24, 2.45) is 5.11 Å². The molecule has 1 saturated heterocycles. The highest BCUT2D eigenvalue weighted by Crippen LogP contribution is 2.41. The van der Waals surface area contributed by atoms with Crippen LogP contribution in [0.25, 0.3) is 10.4 Å². The number of nitro groups is 1. The highest BCUT2D eigenvalue weighted by molar-refractivity contribution is 5.58. The van der Waals surface area contributed by atoms with Gasteiger partial charge in [-0.2, -0.15) is 5.10 Å². The van der Waals surface area contributed by atoms with E-state index in [1.54, 1.807) is 4.68 Å². The first-order valence-corrected chi connectivity index (χ1v) is 7.31. The topological polar surface area (TPSA) is 133 Å². The molecule has 1 aliphatic carbocycles. The number of azide groups is 1. The summed E-state index contributed by atoms with van der Waals surface area (Å²) >= 11 is 0. The lowest BCUT2D eigenvalue weighted by atomic mass is 10.1. The van der Waals surface area contributed by atoms with E-state index >= 15 is 0 Å². The number of nitrogens with zero attached hydrogens (tertiary/aromatic N) is 7. The van der Waals surface area contributed by atoms with Crippen molar-refractivity contribution in [3.05, 3.63) is 26.8 Å². The van der Waals surface area contributed by atoms with Crippen LogP contribution in [0.3, 0.4) is 0 Å². The van der Waals surface area contributed by atoms with E-state index in [1.807, 2.05) is 4.90 Å². The van der Waals surface area contributed by atoms with Crippen LogP contribution in [0.15, 0.2) is 11.3 Å². The fourth-order valence-electron chi connectivity index (χ4n) is 2.85. The van der Waals surface area contributed by atoms with E-state index in [0.29, 0.717) is 31.7 Å². The van der Waals surface area contributed by atoms with Crippen molar-refractivity contribution in [2.45, 2.75) is 43.9 Å². The minimum Gasteiger partial charge on any atom is -0.393 e. The molecule has 0 radical (unpaired) electrons. The van der Waals surface area contributed by atoms with Crippen LogP contribution in [0.5, 0.6) is 0 Å². The van der Waals surface area contributed by atoms with Crippen LogP contribution in [-0.2, 0) is 0 Å². The molecule has 118 valence electrons. The van der Waals surface area contributed by atoms with Gasteiger partial charge in [0, 0.05) is 18.0 Å². The first kappa shape index (κ1) is 14.6. The molecule has 0 aromatic carbocycles. The third kappa shape index (κ3) is 2.70. The third-order valence-corrected chi connectivity index (χ3v) is 4.17. The van der Waals surface area contributed by atoms with E-state index in [2.05, 4.69) is 15.1 Å². The molecular formula is C12H17N7O3. The van der Waals surface area contributed by atoms with Crippen LogP contribution < -0.4 is 4.90 Å². The lowest BCUT2D eigenvalue weighted by molar-refractivity contribution is -0.384. The van der Waals surface area contributed by atoms with Gasteiger partial charge in [0.2, 0.25) is 5.82 Å². The number of aliphatic hydroxyl groups is 1. The second kappa shape index (κ2) is 5.82. The van der Waals surface area contributed by atoms with Crippen molar-refractivity contribution in [3.63, 3.8) is 0 Å². The fourth-order valence-corrected chi connectivity index (χ4v) is 2.85. The molecule has 10 heteroatoms. The molecule has 0 spiro atoms. The fraction of sp³-hybridized carbons (Fsp3) is 0.750. The average Bonchev–Trinajstić information content (AvgIpc) is 3.26. The van der Waals surface area contributed by atoms with E-state index < -0.39 is 17.1 Å². The molecule has 2 aliphatic rings. The van der Waals surface area contributed by atoms with Gasteiger partial charge < -0.3 is 10.0 Å². The molecule has 1 aromatic rings. The number of hydrogen-bond donors (Lipinski definition) is 1. The smallest absolute Gasteiger partial charge is 0.331 e. The van der Waals surface area contributed by atoms with Crippen molar-refractivity contribution in [3.8, 4) is 0 Å². The van der Waals surface area contributed by atoms with Crippen LogP contribution in [0.1, 0.15) is 31.7 Å². The van der Waals surface area contributed by atoms with Gasteiger partial charge in [-0.15, -0.1) is 0 Å². The standard InChI is InChI=1S/C12H17N7O3/c13-16-15-9-3-5-17(6-4-11(9)20)12-10(19(21)22)7-14-18(12)8-1-2-8/h7-9,11,20H,1-6H2/t9-,11+/m0/s1. The molecule has 0 bridgehead atoms. The van der Waals surface area contributed by atoms with Crippen molar-refractivity contribution in [1.82, 2.24) is 9.78 Å². The number of aliphatic hydroxyl groups excluding tert-OH is 1. The van der Waals surface area contributed by atoms with Crippen LogP contribution in [0.2, 0.25) is 0 Å². The second-order valence-electron chi connectivity index (χ2n) is 5.69. The van der Waals surface area contributed by atoms with Gasteiger partial charge in [0.15, 0.2) is 0 Å². The van der Waals surface area contributed by atoms with E-state index in [1.165, 1.54) is 6.20 Å². The molecule has 2 heterocycles. The Morgan fingerprint density at radius 3 is 2.77 bits per heavy atom. The first-order chi connectivity index (χ1) is 10.6. The van der Waals surface area contributed by atoms with Crippen molar-refractivity contribution in [1.29, 1.82) is 0 Å². The lowest BCUT2D eigenvalue weighted by Gasteiger charge is -2.22. The summed E-state index contributed by atoms with van der Waals surface area (Å²) in [6.45, 7) is 0.956. The van der Waals surface area contributed by atoms with Gasteiger partial charge in [-0.3, -0.25) is 10.1 Å². The largest absolute Gasteiger partial charge is 0.393 e. The quantitative estimate of drug-likeness (QED) is 0.297. The summed E-state index contributed by atoms with van der Waals surface area (Å²) in [6, 6.07) is -0.267. The summed E-state index contributed by atoms with van der Waals surface area (Å²) in [5.74, 6) is 0.501. The summed E-state index contributed by atoms with van der Waals surface area (Å²) in [6.07, 6.45) is 3.37. The molecule has 2 atom stereocenters. The Hall–Kier alpha value is -2.32. The maximum Gasteiger partial charge on any atom is 0.331 e. The van der Waals surface area contributed by atoms with Gasteiger partial charge in [-0.1, -0.05) is 5.11 Å². The Bertz CT molecular complexity index is 620. The summed E-state index contributed by atoms with van der Waals surface area (Å²) in [4.78, 5) is 15.5. The monoisotopic (exact) mass is 307 g/mol. The molecule has 22 heavy (non-hydrogen) atoms. The molecule has 1 aromatic heterocycles. The normalized spacial score (nSPS) is 25.4. The van der Waals surface area contributed by atoms with Crippen LogP contribution >= 0.6 is 0 Å². The molecule has 3 rings (SSSR count). The molecule has 2 fully saturated rings. The Kier molecular flexibility index (Phi) is 3.86. The van der Waals surface area contributed by atoms with E-state index in [4.69, 9.17) is 5.53 Å². The SMILES string of the molecule is [N-]=[N+]=N[C@H]1CCN(c2c([N+](=O)[O-])cnn2C2CC2)CC[C@H]1O. The van der Waals surface area contributed by atoms with Crippen molar-refractivity contribution < 1.29 is 10.0 Å². The van der Waals surface area contributed by atoms with Gasteiger partial charge in [-0.05, 0) is 31.2 Å². The van der Waals surface area contributed by atoms with Gasteiger partial charge in [0.1, 0.15) is 6.20 Å². The summed E-state index contributed by atoms with van der Waals surface area (Å²) in [7, 11) is 0. The molecule has 1 saturated carbocycles. The minimum absolute atomic E-state index is 0.0105. The Labute approximate surface area is 126 Å². The van der Waals surface area contributed by atoms with E-state index in [-0.39, 0.29) is 11.7 Å². The summed E-state index contributed by atoms with van der Waals surface area (Å²) in [5, 5.41) is 29.0. The number of anilines is 1. The van der Waals surface area contributed by atoms with Crippen molar-refractivity contribution in [2.75, 3.05) is 18.0 Å². The average molecular weight is 307 g/mol. The second-order valence-corrected chi connectivity index (χ2v) is 5.69.